The fourth-order valence-corrected chi connectivity index (χ4v) is 2.61. The lowest BCUT2D eigenvalue weighted by Gasteiger charge is -2.37. The van der Waals surface area contributed by atoms with Crippen LogP contribution in [0.2, 0.25) is 0 Å². The maximum absolute atomic E-state index is 11.4. The zero-order valence-corrected chi connectivity index (χ0v) is 11.2. The van der Waals surface area contributed by atoms with E-state index in [1.54, 1.807) is 6.92 Å². The Kier molecular flexibility index (Phi) is 3.57. The third-order valence-electron chi connectivity index (χ3n) is 3.34. The van der Waals surface area contributed by atoms with E-state index >= 15 is 0 Å². The van der Waals surface area contributed by atoms with Gasteiger partial charge < -0.3 is 16.0 Å². The third kappa shape index (κ3) is 2.64. The monoisotopic (exact) mass is 247 g/mol. The van der Waals surface area contributed by atoms with Crippen molar-refractivity contribution in [2.24, 2.45) is 0 Å². The molecule has 0 spiro atoms. The predicted octanol–water partition coefficient (Wildman–Crippen LogP) is 1.66. The van der Waals surface area contributed by atoms with Crippen LogP contribution >= 0.6 is 0 Å². The van der Waals surface area contributed by atoms with E-state index in [0.29, 0.717) is 23.3 Å². The lowest BCUT2D eigenvalue weighted by Crippen LogP contribution is -2.54. The Morgan fingerprint density at radius 2 is 1.94 bits per heavy atom. The molecule has 0 unspecified atom stereocenters. The number of hydrogen-bond acceptors (Lipinski definition) is 4. The van der Waals surface area contributed by atoms with Gasteiger partial charge in [0.15, 0.2) is 5.78 Å². The molecule has 1 fully saturated rings. The first-order valence-electron chi connectivity index (χ1n) is 6.39. The summed E-state index contributed by atoms with van der Waals surface area (Å²) in [4.78, 5) is 13.7. The predicted molar refractivity (Wildman–Crippen MR) is 75.1 cm³/mol. The molecule has 4 heteroatoms. The van der Waals surface area contributed by atoms with Crippen molar-refractivity contribution in [1.29, 1.82) is 0 Å². The van der Waals surface area contributed by atoms with Crippen LogP contribution in [0.3, 0.4) is 0 Å². The Bertz CT molecular complexity index is 448. The molecular formula is C14H21N3O. The lowest BCUT2D eigenvalue weighted by atomic mass is 10.1. The van der Waals surface area contributed by atoms with E-state index in [1.165, 1.54) is 0 Å². The van der Waals surface area contributed by atoms with E-state index < -0.39 is 0 Å². The minimum Gasteiger partial charge on any atom is -0.398 e. The summed E-state index contributed by atoms with van der Waals surface area (Å²) < 4.78 is 0. The topological polar surface area (TPSA) is 58.4 Å². The Labute approximate surface area is 108 Å². The van der Waals surface area contributed by atoms with Crippen LogP contribution in [0, 0.1) is 0 Å². The fraction of sp³-hybridized carbons (Fsp3) is 0.500. The summed E-state index contributed by atoms with van der Waals surface area (Å²) in [5, 5.41) is 3.50. The number of ketones is 1. The van der Waals surface area contributed by atoms with Gasteiger partial charge in [0, 0.05) is 42.1 Å². The molecule has 1 heterocycles. The van der Waals surface area contributed by atoms with Crippen LogP contribution in [0.5, 0.6) is 0 Å². The summed E-state index contributed by atoms with van der Waals surface area (Å²) in [5.74, 6) is 0.0149. The van der Waals surface area contributed by atoms with Gasteiger partial charge >= 0.3 is 0 Å². The second kappa shape index (κ2) is 4.98. The fourth-order valence-electron chi connectivity index (χ4n) is 2.61. The number of carbonyl (C=O) groups is 1. The van der Waals surface area contributed by atoms with Gasteiger partial charge in [0.2, 0.25) is 0 Å². The van der Waals surface area contributed by atoms with Crippen molar-refractivity contribution in [3.8, 4) is 0 Å². The van der Waals surface area contributed by atoms with Gasteiger partial charge in [0.25, 0.3) is 0 Å². The van der Waals surface area contributed by atoms with Crippen LogP contribution in [-0.4, -0.2) is 31.0 Å². The molecule has 0 saturated carbocycles. The van der Waals surface area contributed by atoms with Crippen LogP contribution in [0.25, 0.3) is 0 Å². The number of rotatable bonds is 2. The number of nitrogens with zero attached hydrogens (tertiary/aromatic N) is 1. The number of nitrogens with one attached hydrogen (secondary N) is 1. The Morgan fingerprint density at radius 1 is 1.33 bits per heavy atom. The van der Waals surface area contributed by atoms with Gasteiger partial charge in [-0.3, -0.25) is 4.79 Å². The highest BCUT2D eigenvalue weighted by Crippen LogP contribution is 2.23. The lowest BCUT2D eigenvalue weighted by molar-refractivity contribution is 0.101. The summed E-state index contributed by atoms with van der Waals surface area (Å²) in [6.07, 6.45) is 0. The van der Waals surface area contributed by atoms with Crippen LogP contribution in [0.4, 0.5) is 11.4 Å². The molecule has 1 aliphatic heterocycles. The van der Waals surface area contributed by atoms with E-state index in [4.69, 9.17) is 5.73 Å². The molecule has 1 aromatic rings. The molecule has 4 nitrogen and oxygen atoms in total. The van der Waals surface area contributed by atoms with Crippen molar-refractivity contribution in [3.05, 3.63) is 23.8 Å². The van der Waals surface area contributed by atoms with Crippen molar-refractivity contribution in [2.45, 2.75) is 32.9 Å². The zero-order chi connectivity index (χ0) is 13.3. The molecule has 1 aromatic carbocycles. The number of nitrogen functional groups attached to an aromatic ring is 1. The van der Waals surface area contributed by atoms with Crippen LogP contribution < -0.4 is 16.0 Å². The molecule has 2 atom stereocenters. The van der Waals surface area contributed by atoms with Crippen LogP contribution in [-0.2, 0) is 0 Å². The van der Waals surface area contributed by atoms with Gasteiger partial charge in [-0.1, -0.05) is 0 Å². The molecule has 3 N–H and O–H groups in total. The number of anilines is 2. The first-order chi connectivity index (χ1) is 8.47. The molecule has 98 valence electrons. The normalized spacial score (nSPS) is 24.1. The Hall–Kier alpha value is -1.55. The minimum atomic E-state index is 0.0149. The molecule has 0 radical (unpaired) electrons. The quantitative estimate of drug-likeness (QED) is 0.616. The average Bonchev–Trinajstić information content (AvgIpc) is 2.26. The molecule has 0 aromatic heterocycles. The SMILES string of the molecule is CC(=O)c1ccc(N2C[C@@H](C)N[C@@H](C)C2)cc1N. The minimum absolute atomic E-state index is 0.0149. The van der Waals surface area contributed by atoms with E-state index in [2.05, 4.69) is 24.1 Å². The number of Topliss-reactive ketones (excluding diaryl/α,β-unsaturated/α-hetero) is 1. The standard InChI is InChI=1S/C14H21N3O/c1-9-7-17(8-10(2)16-9)12-4-5-13(11(3)18)14(15)6-12/h4-6,9-10,16H,7-8,15H2,1-3H3/t9-,10+. The summed E-state index contributed by atoms with van der Waals surface area (Å²) in [6.45, 7) is 7.82. The van der Waals surface area contributed by atoms with Crippen molar-refractivity contribution in [1.82, 2.24) is 5.32 Å². The number of benzene rings is 1. The van der Waals surface area contributed by atoms with E-state index in [9.17, 15) is 4.79 Å². The van der Waals surface area contributed by atoms with Gasteiger partial charge in [-0.25, -0.2) is 0 Å². The van der Waals surface area contributed by atoms with E-state index in [-0.39, 0.29) is 5.78 Å². The van der Waals surface area contributed by atoms with Crippen molar-refractivity contribution >= 4 is 17.2 Å². The van der Waals surface area contributed by atoms with Gasteiger partial charge in [-0.15, -0.1) is 0 Å². The van der Waals surface area contributed by atoms with Crippen molar-refractivity contribution < 1.29 is 4.79 Å². The number of hydrogen-bond donors (Lipinski definition) is 2. The molecule has 0 bridgehead atoms. The largest absolute Gasteiger partial charge is 0.398 e. The number of piperazine rings is 1. The molecular weight excluding hydrogens is 226 g/mol. The summed E-state index contributed by atoms with van der Waals surface area (Å²) in [6, 6.07) is 6.63. The van der Waals surface area contributed by atoms with Crippen LogP contribution in [0.1, 0.15) is 31.1 Å². The summed E-state index contributed by atoms with van der Waals surface area (Å²) in [7, 11) is 0. The van der Waals surface area contributed by atoms with Crippen molar-refractivity contribution in [3.63, 3.8) is 0 Å². The van der Waals surface area contributed by atoms with Gasteiger partial charge in [-0.2, -0.15) is 0 Å². The maximum Gasteiger partial charge on any atom is 0.161 e. The number of nitrogens with two attached hydrogens (primary N) is 1. The molecule has 0 amide bonds. The van der Waals surface area contributed by atoms with E-state index in [0.717, 1.165) is 18.8 Å². The highest BCUT2D eigenvalue weighted by atomic mass is 16.1. The van der Waals surface area contributed by atoms with Gasteiger partial charge in [0.05, 0.1) is 0 Å². The molecule has 1 saturated heterocycles. The molecule has 0 aliphatic carbocycles. The average molecular weight is 247 g/mol. The Morgan fingerprint density at radius 3 is 2.44 bits per heavy atom. The van der Waals surface area contributed by atoms with Crippen molar-refractivity contribution in [2.75, 3.05) is 23.7 Å². The second-order valence-electron chi connectivity index (χ2n) is 5.20. The highest BCUT2D eigenvalue weighted by Gasteiger charge is 2.21. The molecule has 18 heavy (non-hydrogen) atoms. The smallest absolute Gasteiger partial charge is 0.161 e. The first-order valence-corrected chi connectivity index (χ1v) is 6.39. The zero-order valence-electron chi connectivity index (χ0n) is 11.2. The van der Waals surface area contributed by atoms with Gasteiger partial charge in [-0.05, 0) is 39.0 Å². The highest BCUT2D eigenvalue weighted by molar-refractivity contribution is 5.99. The Balaban J connectivity index is 2.23. The van der Waals surface area contributed by atoms with E-state index in [1.807, 2.05) is 18.2 Å². The summed E-state index contributed by atoms with van der Waals surface area (Å²) in [5.41, 5.74) is 8.21. The number of carbonyl (C=O) groups excluding carboxylic acids is 1. The third-order valence-corrected chi connectivity index (χ3v) is 3.34. The second-order valence-corrected chi connectivity index (χ2v) is 5.20. The maximum atomic E-state index is 11.4. The molecule has 1 aliphatic rings. The van der Waals surface area contributed by atoms with Gasteiger partial charge in [0.1, 0.15) is 0 Å². The molecule has 2 rings (SSSR count). The summed E-state index contributed by atoms with van der Waals surface area (Å²) >= 11 is 0. The first kappa shape index (κ1) is 12.9. The van der Waals surface area contributed by atoms with Crippen LogP contribution in [0.15, 0.2) is 18.2 Å².